The molecule has 0 fully saturated rings. The maximum absolute atomic E-state index is 13.7. The molecule has 0 spiro atoms. The van der Waals surface area contributed by atoms with Crippen molar-refractivity contribution in [3.8, 4) is 0 Å². The Hall–Kier alpha value is -1.67. The molecule has 1 nitrogen and oxygen atoms in total. The molecule has 0 radical (unpaired) electrons. The van der Waals surface area contributed by atoms with E-state index in [1.807, 2.05) is 19.1 Å². The lowest BCUT2D eigenvalue weighted by Gasteiger charge is -2.13. The number of aliphatic hydroxyl groups is 1. The number of hydrogen-bond acceptors (Lipinski definition) is 1. The van der Waals surface area contributed by atoms with Crippen molar-refractivity contribution in [3.05, 3.63) is 70.5 Å². The lowest BCUT2D eigenvalue weighted by atomic mass is 9.98. The minimum absolute atomic E-state index is 0.344. The number of benzene rings is 2. The highest BCUT2D eigenvalue weighted by molar-refractivity contribution is 5.29. The summed E-state index contributed by atoms with van der Waals surface area (Å²) in [4.78, 5) is 0. The molecule has 2 aromatic carbocycles. The van der Waals surface area contributed by atoms with Crippen molar-refractivity contribution in [2.45, 2.75) is 32.8 Å². The first-order chi connectivity index (χ1) is 9.10. The molecule has 0 saturated heterocycles. The Morgan fingerprint density at radius 1 is 1.05 bits per heavy atom. The zero-order chi connectivity index (χ0) is 13.8. The van der Waals surface area contributed by atoms with Gasteiger partial charge in [0.2, 0.25) is 0 Å². The molecular weight excluding hydrogens is 239 g/mol. The zero-order valence-corrected chi connectivity index (χ0v) is 11.4. The van der Waals surface area contributed by atoms with Gasteiger partial charge < -0.3 is 5.11 Å². The summed E-state index contributed by atoms with van der Waals surface area (Å²) >= 11 is 0. The van der Waals surface area contributed by atoms with Crippen LogP contribution in [0.4, 0.5) is 4.39 Å². The van der Waals surface area contributed by atoms with Crippen LogP contribution in [0.1, 0.15) is 35.3 Å². The smallest absolute Gasteiger partial charge is 0.129 e. The van der Waals surface area contributed by atoms with Crippen molar-refractivity contribution in [2.75, 3.05) is 0 Å². The first kappa shape index (κ1) is 13.8. The fourth-order valence-electron chi connectivity index (χ4n) is 2.16. The van der Waals surface area contributed by atoms with Crippen LogP contribution < -0.4 is 0 Å². The van der Waals surface area contributed by atoms with Gasteiger partial charge in [-0.05, 0) is 30.5 Å². The number of rotatable bonds is 4. The predicted octanol–water partition coefficient (Wildman–Crippen LogP) is 3.97. The molecule has 0 aromatic heterocycles. The SMILES string of the molecule is CCc1ccc(CC(O)c2cc(C)ccc2F)cc1. The lowest BCUT2D eigenvalue weighted by Crippen LogP contribution is -2.05. The monoisotopic (exact) mass is 258 g/mol. The number of aliphatic hydroxyl groups excluding tert-OH is 1. The van der Waals surface area contributed by atoms with E-state index < -0.39 is 6.10 Å². The predicted molar refractivity (Wildman–Crippen MR) is 75.6 cm³/mol. The Bertz CT molecular complexity index is 546. The van der Waals surface area contributed by atoms with E-state index in [1.165, 1.54) is 11.6 Å². The first-order valence-electron chi connectivity index (χ1n) is 6.62. The molecule has 0 aliphatic rings. The molecule has 0 bridgehead atoms. The molecular formula is C17H19FO. The van der Waals surface area contributed by atoms with Crippen molar-refractivity contribution in [3.63, 3.8) is 0 Å². The van der Waals surface area contributed by atoms with Crippen LogP contribution in [0.25, 0.3) is 0 Å². The summed E-state index contributed by atoms with van der Waals surface area (Å²) in [7, 11) is 0. The molecule has 2 aromatic rings. The second kappa shape index (κ2) is 5.98. The largest absolute Gasteiger partial charge is 0.388 e. The summed E-state index contributed by atoms with van der Waals surface area (Å²) in [5, 5.41) is 10.2. The average molecular weight is 258 g/mol. The summed E-state index contributed by atoms with van der Waals surface area (Å²) in [5.74, 6) is -0.344. The fourth-order valence-corrected chi connectivity index (χ4v) is 2.16. The molecule has 0 saturated carbocycles. The Morgan fingerprint density at radius 2 is 1.68 bits per heavy atom. The van der Waals surface area contributed by atoms with Gasteiger partial charge in [-0.15, -0.1) is 0 Å². The Kier molecular flexibility index (Phi) is 4.33. The van der Waals surface area contributed by atoms with Crippen LogP contribution in [0.3, 0.4) is 0 Å². The number of hydrogen-bond donors (Lipinski definition) is 1. The van der Waals surface area contributed by atoms with Crippen molar-refractivity contribution in [2.24, 2.45) is 0 Å². The van der Waals surface area contributed by atoms with Crippen LogP contribution in [0, 0.1) is 12.7 Å². The third-order valence-corrected chi connectivity index (χ3v) is 3.37. The molecule has 0 heterocycles. The van der Waals surface area contributed by atoms with Gasteiger partial charge in [-0.25, -0.2) is 4.39 Å². The van der Waals surface area contributed by atoms with E-state index in [0.717, 1.165) is 17.5 Å². The molecule has 19 heavy (non-hydrogen) atoms. The highest BCUT2D eigenvalue weighted by Crippen LogP contribution is 2.22. The van der Waals surface area contributed by atoms with E-state index >= 15 is 0 Å². The van der Waals surface area contributed by atoms with Crippen molar-refractivity contribution < 1.29 is 9.50 Å². The number of aryl methyl sites for hydroxylation is 2. The average Bonchev–Trinajstić information content (AvgIpc) is 2.42. The summed E-state index contributed by atoms with van der Waals surface area (Å²) in [5.41, 5.74) is 3.61. The minimum atomic E-state index is -0.799. The molecule has 1 unspecified atom stereocenters. The lowest BCUT2D eigenvalue weighted by molar-refractivity contribution is 0.173. The van der Waals surface area contributed by atoms with Crippen molar-refractivity contribution in [1.29, 1.82) is 0 Å². The van der Waals surface area contributed by atoms with Gasteiger partial charge in [-0.2, -0.15) is 0 Å². The quantitative estimate of drug-likeness (QED) is 0.879. The molecule has 0 amide bonds. The molecule has 2 rings (SSSR count). The van der Waals surface area contributed by atoms with E-state index in [0.29, 0.717) is 12.0 Å². The van der Waals surface area contributed by atoms with E-state index in [9.17, 15) is 9.50 Å². The first-order valence-corrected chi connectivity index (χ1v) is 6.62. The molecule has 2 heteroatoms. The van der Waals surface area contributed by atoms with Crippen molar-refractivity contribution in [1.82, 2.24) is 0 Å². The van der Waals surface area contributed by atoms with Crippen LogP contribution in [0.15, 0.2) is 42.5 Å². The fraction of sp³-hybridized carbons (Fsp3) is 0.294. The molecule has 100 valence electrons. The standard InChI is InChI=1S/C17H19FO/c1-3-13-5-7-14(8-6-13)11-17(19)15-10-12(2)4-9-16(15)18/h4-10,17,19H,3,11H2,1-2H3. The summed E-state index contributed by atoms with van der Waals surface area (Å²) < 4.78 is 13.7. The van der Waals surface area contributed by atoms with Gasteiger partial charge in [-0.1, -0.05) is 48.9 Å². The highest BCUT2D eigenvalue weighted by Gasteiger charge is 2.13. The van der Waals surface area contributed by atoms with Crippen LogP contribution in [-0.4, -0.2) is 5.11 Å². The maximum atomic E-state index is 13.7. The zero-order valence-electron chi connectivity index (χ0n) is 11.4. The minimum Gasteiger partial charge on any atom is -0.388 e. The van der Waals surface area contributed by atoms with E-state index in [-0.39, 0.29) is 5.82 Å². The third kappa shape index (κ3) is 3.42. The summed E-state index contributed by atoms with van der Waals surface area (Å²) in [6, 6.07) is 12.9. The van der Waals surface area contributed by atoms with E-state index in [4.69, 9.17) is 0 Å². The van der Waals surface area contributed by atoms with Crippen LogP contribution in [0.2, 0.25) is 0 Å². The second-order valence-corrected chi connectivity index (χ2v) is 4.91. The van der Waals surface area contributed by atoms with Crippen molar-refractivity contribution >= 4 is 0 Å². The van der Waals surface area contributed by atoms with Crippen LogP contribution >= 0.6 is 0 Å². The normalized spacial score (nSPS) is 12.4. The second-order valence-electron chi connectivity index (χ2n) is 4.91. The van der Waals surface area contributed by atoms with E-state index in [1.54, 1.807) is 12.1 Å². The maximum Gasteiger partial charge on any atom is 0.129 e. The molecule has 1 N–H and O–H groups in total. The van der Waals surface area contributed by atoms with Gasteiger partial charge in [0.15, 0.2) is 0 Å². The van der Waals surface area contributed by atoms with Gasteiger partial charge in [0.25, 0.3) is 0 Å². The van der Waals surface area contributed by atoms with E-state index in [2.05, 4.69) is 19.1 Å². The van der Waals surface area contributed by atoms with Gasteiger partial charge in [0.1, 0.15) is 5.82 Å². The molecule has 0 aliphatic carbocycles. The molecule has 1 atom stereocenters. The van der Waals surface area contributed by atoms with Gasteiger partial charge in [0, 0.05) is 12.0 Å². The Balaban J connectivity index is 2.15. The summed E-state index contributed by atoms with van der Waals surface area (Å²) in [6.45, 7) is 4.00. The Labute approximate surface area is 113 Å². The Morgan fingerprint density at radius 3 is 2.32 bits per heavy atom. The number of halogens is 1. The van der Waals surface area contributed by atoms with Gasteiger partial charge >= 0.3 is 0 Å². The topological polar surface area (TPSA) is 20.2 Å². The van der Waals surface area contributed by atoms with Gasteiger partial charge in [0.05, 0.1) is 6.10 Å². The third-order valence-electron chi connectivity index (χ3n) is 3.37. The van der Waals surface area contributed by atoms with Gasteiger partial charge in [-0.3, -0.25) is 0 Å². The highest BCUT2D eigenvalue weighted by atomic mass is 19.1. The molecule has 0 aliphatic heterocycles. The summed E-state index contributed by atoms with van der Waals surface area (Å²) in [6.07, 6.45) is 0.632. The van der Waals surface area contributed by atoms with Crippen LogP contribution in [-0.2, 0) is 12.8 Å². The van der Waals surface area contributed by atoms with Crippen LogP contribution in [0.5, 0.6) is 0 Å².